The van der Waals surface area contributed by atoms with Gasteiger partial charge in [-0.05, 0) is 62.2 Å². The summed E-state index contributed by atoms with van der Waals surface area (Å²) in [5.74, 6) is 0.119. The zero-order chi connectivity index (χ0) is 20.9. The van der Waals surface area contributed by atoms with E-state index in [1.54, 1.807) is 36.1 Å². The van der Waals surface area contributed by atoms with Gasteiger partial charge in [-0.15, -0.1) is 0 Å². The molecule has 0 unspecified atom stereocenters. The lowest BCUT2D eigenvalue weighted by molar-refractivity contribution is -0.122. The van der Waals surface area contributed by atoms with Crippen LogP contribution >= 0.6 is 0 Å². The molecule has 0 radical (unpaired) electrons. The number of amides is 2. The predicted molar refractivity (Wildman–Crippen MR) is 109 cm³/mol. The van der Waals surface area contributed by atoms with Gasteiger partial charge in [0.05, 0.1) is 16.3 Å². The molecule has 2 aliphatic rings. The maximum Gasteiger partial charge on any atom is 0.265 e. The first-order valence-corrected chi connectivity index (χ1v) is 10.7. The van der Waals surface area contributed by atoms with Crippen LogP contribution in [-0.4, -0.2) is 32.4 Å². The lowest BCUT2D eigenvalue weighted by atomic mass is 10.1. The van der Waals surface area contributed by atoms with Crippen LogP contribution in [0.1, 0.15) is 26.3 Å². The van der Waals surface area contributed by atoms with Crippen LogP contribution in [0.2, 0.25) is 0 Å². The van der Waals surface area contributed by atoms with Crippen molar-refractivity contribution in [1.82, 2.24) is 0 Å². The molecule has 2 atom stereocenters. The van der Waals surface area contributed by atoms with E-state index in [9.17, 15) is 18.0 Å². The summed E-state index contributed by atoms with van der Waals surface area (Å²) in [5, 5.41) is 2.69. The second kappa shape index (κ2) is 6.77. The van der Waals surface area contributed by atoms with Crippen LogP contribution in [0.3, 0.4) is 0 Å². The maximum absolute atomic E-state index is 12.9. The van der Waals surface area contributed by atoms with E-state index in [0.717, 1.165) is 11.3 Å². The highest BCUT2D eigenvalue weighted by atomic mass is 32.2. The Kier molecular flexibility index (Phi) is 4.49. The number of anilines is 3. The fraction of sp³-hybridized carbons (Fsp3) is 0.300. The van der Waals surface area contributed by atoms with E-state index in [0.29, 0.717) is 23.5 Å². The van der Waals surface area contributed by atoms with Gasteiger partial charge in [0.25, 0.3) is 15.9 Å². The number of hydrogen-bond donors (Lipinski definition) is 2. The number of nitrogens with zero attached hydrogens (tertiary/aromatic N) is 1. The van der Waals surface area contributed by atoms with Crippen molar-refractivity contribution in [3.05, 3.63) is 42.0 Å². The topological polar surface area (TPSA) is 105 Å². The first kappa shape index (κ1) is 19.3. The molecule has 0 saturated heterocycles. The molecule has 2 amide bonds. The summed E-state index contributed by atoms with van der Waals surface area (Å²) >= 11 is 0. The van der Waals surface area contributed by atoms with E-state index in [1.165, 1.54) is 19.1 Å². The Balaban J connectivity index is 1.61. The van der Waals surface area contributed by atoms with Gasteiger partial charge in [-0.25, -0.2) is 8.42 Å². The standard InChI is InChI=1S/C20H21N3O5S/c1-11-8-14-9-16(5-6-18(14)23(11)13(3)24)29(26,27)22-15-4-7-19-17(10-15)21-20(25)12(2)28-19/h4-7,9-12,22H,8H2,1-3H3,(H,21,25)/t11-,12+/m0/s1. The zero-order valence-electron chi connectivity index (χ0n) is 16.2. The molecule has 29 heavy (non-hydrogen) atoms. The molecule has 9 heteroatoms. The van der Waals surface area contributed by atoms with Gasteiger partial charge in [0, 0.05) is 18.7 Å². The molecule has 2 aromatic rings. The van der Waals surface area contributed by atoms with Gasteiger partial charge >= 0.3 is 0 Å². The second-order valence-corrected chi connectivity index (χ2v) is 8.98. The van der Waals surface area contributed by atoms with E-state index in [4.69, 9.17) is 4.74 Å². The van der Waals surface area contributed by atoms with Crippen molar-refractivity contribution in [2.45, 2.75) is 44.2 Å². The Bertz CT molecular complexity index is 1130. The van der Waals surface area contributed by atoms with Crippen molar-refractivity contribution in [1.29, 1.82) is 0 Å². The van der Waals surface area contributed by atoms with Crippen LogP contribution in [0, 0.1) is 0 Å². The molecule has 2 heterocycles. The Morgan fingerprint density at radius 3 is 2.69 bits per heavy atom. The lowest BCUT2D eigenvalue weighted by Crippen LogP contribution is -2.34. The molecule has 0 aliphatic carbocycles. The van der Waals surface area contributed by atoms with Crippen LogP contribution in [0.15, 0.2) is 41.3 Å². The van der Waals surface area contributed by atoms with Crippen molar-refractivity contribution < 1.29 is 22.7 Å². The highest BCUT2D eigenvalue weighted by Gasteiger charge is 2.30. The summed E-state index contributed by atoms with van der Waals surface area (Å²) in [6, 6.07) is 9.44. The fourth-order valence-corrected chi connectivity index (χ4v) is 4.84. The molecular formula is C20H21N3O5S. The molecule has 4 rings (SSSR count). The average Bonchev–Trinajstić information content (AvgIpc) is 2.97. The van der Waals surface area contributed by atoms with Crippen LogP contribution in [0.4, 0.5) is 17.1 Å². The Hall–Kier alpha value is -3.07. The minimum absolute atomic E-state index is 0.0138. The van der Waals surface area contributed by atoms with Crippen LogP contribution in [0.5, 0.6) is 5.75 Å². The minimum Gasteiger partial charge on any atom is -0.479 e. The molecule has 0 saturated carbocycles. The normalized spacial score (nSPS) is 20.4. The Labute approximate surface area is 168 Å². The number of ether oxygens (including phenoxy) is 1. The van der Waals surface area contributed by atoms with Gasteiger partial charge in [0.15, 0.2) is 6.10 Å². The maximum atomic E-state index is 12.9. The summed E-state index contributed by atoms with van der Waals surface area (Å²) in [6.07, 6.45) is -0.00741. The number of benzene rings is 2. The first-order valence-electron chi connectivity index (χ1n) is 9.23. The van der Waals surface area contributed by atoms with Crippen molar-refractivity contribution >= 4 is 38.9 Å². The molecule has 8 nitrogen and oxygen atoms in total. The molecule has 0 aromatic heterocycles. The molecule has 2 aliphatic heterocycles. The smallest absolute Gasteiger partial charge is 0.265 e. The molecule has 152 valence electrons. The van der Waals surface area contributed by atoms with E-state index in [1.807, 2.05) is 6.92 Å². The molecule has 0 spiro atoms. The van der Waals surface area contributed by atoms with Crippen LogP contribution in [-0.2, 0) is 26.0 Å². The number of rotatable bonds is 3. The molecule has 2 N–H and O–H groups in total. The predicted octanol–water partition coefficient (Wildman–Crippen LogP) is 2.50. The molecular weight excluding hydrogens is 394 g/mol. The van der Waals surface area contributed by atoms with E-state index >= 15 is 0 Å². The number of carbonyl (C=O) groups is 2. The summed E-state index contributed by atoms with van der Waals surface area (Å²) in [4.78, 5) is 25.4. The van der Waals surface area contributed by atoms with Crippen molar-refractivity contribution in [3.8, 4) is 5.75 Å². The Morgan fingerprint density at radius 2 is 1.97 bits per heavy atom. The summed E-state index contributed by atoms with van der Waals surface area (Å²) in [7, 11) is -3.85. The largest absolute Gasteiger partial charge is 0.479 e. The van der Waals surface area contributed by atoms with Gasteiger partial charge in [-0.2, -0.15) is 0 Å². The monoisotopic (exact) mass is 415 g/mol. The van der Waals surface area contributed by atoms with Crippen molar-refractivity contribution in [3.63, 3.8) is 0 Å². The number of hydrogen-bond acceptors (Lipinski definition) is 5. The highest BCUT2D eigenvalue weighted by Crippen LogP contribution is 2.35. The summed E-state index contributed by atoms with van der Waals surface area (Å²) in [6.45, 7) is 5.06. The fourth-order valence-electron chi connectivity index (χ4n) is 3.74. The number of carbonyl (C=O) groups excluding carboxylic acids is 2. The average molecular weight is 415 g/mol. The summed E-state index contributed by atoms with van der Waals surface area (Å²) in [5.41, 5.74) is 2.27. The van der Waals surface area contributed by atoms with Gasteiger partial charge in [-0.1, -0.05) is 0 Å². The molecule has 2 aromatic carbocycles. The van der Waals surface area contributed by atoms with Gasteiger partial charge in [0.1, 0.15) is 5.75 Å². The number of nitrogens with one attached hydrogen (secondary N) is 2. The van der Waals surface area contributed by atoms with Gasteiger partial charge in [0.2, 0.25) is 5.91 Å². The minimum atomic E-state index is -3.85. The van der Waals surface area contributed by atoms with Crippen molar-refractivity contribution in [2.75, 3.05) is 14.9 Å². The quantitative estimate of drug-likeness (QED) is 0.801. The van der Waals surface area contributed by atoms with Gasteiger partial charge in [-0.3, -0.25) is 14.3 Å². The first-order chi connectivity index (χ1) is 13.7. The highest BCUT2D eigenvalue weighted by molar-refractivity contribution is 7.92. The molecule has 0 bridgehead atoms. The summed E-state index contributed by atoms with van der Waals surface area (Å²) < 4.78 is 33.8. The molecule has 0 fully saturated rings. The second-order valence-electron chi connectivity index (χ2n) is 7.30. The van der Waals surface area contributed by atoms with Crippen LogP contribution < -0.4 is 19.7 Å². The lowest BCUT2D eigenvalue weighted by Gasteiger charge is -2.23. The number of sulfonamides is 1. The SMILES string of the molecule is CC(=O)N1c2ccc(S(=O)(=O)Nc3ccc4c(c3)NC(=O)[C@@H](C)O4)cc2C[C@@H]1C. The number of fused-ring (bicyclic) bond motifs is 2. The van der Waals surface area contributed by atoms with Gasteiger partial charge < -0.3 is 15.0 Å². The van der Waals surface area contributed by atoms with E-state index in [-0.39, 0.29) is 22.8 Å². The van der Waals surface area contributed by atoms with E-state index < -0.39 is 16.1 Å². The van der Waals surface area contributed by atoms with Crippen molar-refractivity contribution in [2.24, 2.45) is 0 Å². The zero-order valence-corrected chi connectivity index (χ0v) is 17.0. The van der Waals surface area contributed by atoms with E-state index in [2.05, 4.69) is 10.0 Å². The third-order valence-corrected chi connectivity index (χ3v) is 6.46. The van der Waals surface area contributed by atoms with Crippen LogP contribution in [0.25, 0.3) is 0 Å². The third-order valence-electron chi connectivity index (χ3n) is 5.08. The Morgan fingerprint density at radius 1 is 1.21 bits per heavy atom. The third kappa shape index (κ3) is 3.42.